The average Bonchev–Trinajstić information content (AvgIpc) is 2.41. The zero-order chi connectivity index (χ0) is 13.8. The first-order valence-corrected chi connectivity index (χ1v) is 7.06. The van der Waals surface area contributed by atoms with Crippen LogP contribution in [0.5, 0.6) is 0 Å². The van der Waals surface area contributed by atoms with Gasteiger partial charge in [-0.1, -0.05) is 28.1 Å². The number of benzene rings is 2. The highest BCUT2D eigenvalue weighted by Crippen LogP contribution is 2.30. The van der Waals surface area contributed by atoms with Crippen molar-refractivity contribution in [2.45, 2.75) is 6.04 Å². The average molecular weight is 384 g/mol. The molecule has 0 aromatic heterocycles. The van der Waals surface area contributed by atoms with E-state index in [1.165, 1.54) is 12.1 Å². The van der Waals surface area contributed by atoms with Gasteiger partial charge in [-0.3, -0.25) is 0 Å². The molecule has 2 aromatic carbocycles. The van der Waals surface area contributed by atoms with E-state index in [0.717, 1.165) is 10.2 Å². The summed E-state index contributed by atoms with van der Waals surface area (Å²) in [5.74, 6) is -0.368. The molecule has 1 unspecified atom stereocenters. The second kappa shape index (κ2) is 6.18. The molecule has 0 spiro atoms. The van der Waals surface area contributed by atoms with Gasteiger partial charge in [0.15, 0.2) is 0 Å². The largest absolute Gasteiger partial charge is 0.365 e. The van der Waals surface area contributed by atoms with Gasteiger partial charge in [-0.05, 0) is 46.3 Å². The van der Waals surface area contributed by atoms with Crippen molar-refractivity contribution in [2.75, 3.05) is 5.32 Å². The number of rotatable bonds is 3. The number of hydrogen-bond acceptors (Lipinski definition) is 2. The summed E-state index contributed by atoms with van der Waals surface area (Å²) in [5, 5.41) is 12.4. The molecule has 0 heterocycles. The van der Waals surface area contributed by atoms with Crippen LogP contribution in [0.25, 0.3) is 0 Å². The van der Waals surface area contributed by atoms with Crippen LogP contribution in [0.15, 0.2) is 51.4 Å². The minimum atomic E-state index is -0.635. The highest BCUT2D eigenvalue weighted by atomic mass is 79.9. The number of halogens is 3. The van der Waals surface area contributed by atoms with Crippen LogP contribution in [-0.4, -0.2) is 0 Å². The van der Waals surface area contributed by atoms with Crippen molar-refractivity contribution in [3.05, 3.63) is 62.8 Å². The summed E-state index contributed by atoms with van der Waals surface area (Å²) in [6.45, 7) is 0. The summed E-state index contributed by atoms with van der Waals surface area (Å²) in [6.07, 6.45) is 0. The molecule has 2 rings (SSSR count). The van der Waals surface area contributed by atoms with Crippen LogP contribution in [0.2, 0.25) is 0 Å². The van der Waals surface area contributed by atoms with E-state index in [2.05, 4.69) is 43.2 Å². The summed E-state index contributed by atoms with van der Waals surface area (Å²) in [6, 6.07) is 13.3. The van der Waals surface area contributed by atoms with Gasteiger partial charge < -0.3 is 5.32 Å². The van der Waals surface area contributed by atoms with E-state index >= 15 is 0 Å². The Labute approximate surface area is 127 Å². The van der Waals surface area contributed by atoms with E-state index in [0.29, 0.717) is 10.0 Å². The molecule has 96 valence electrons. The zero-order valence-electron chi connectivity index (χ0n) is 9.70. The van der Waals surface area contributed by atoms with Gasteiger partial charge in [-0.15, -0.1) is 0 Å². The van der Waals surface area contributed by atoms with Crippen molar-refractivity contribution in [3.8, 4) is 6.07 Å². The molecule has 0 saturated heterocycles. The van der Waals surface area contributed by atoms with E-state index in [-0.39, 0.29) is 5.82 Å². The van der Waals surface area contributed by atoms with Gasteiger partial charge in [0, 0.05) is 20.2 Å². The van der Waals surface area contributed by atoms with Gasteiger partial charge in [0.1, 0.15) is 11.9 Å². The fraction of sp³-hybridized carbons (Fsp3) is 0.0714. The fourth-order valence-corrected chi connectivity index (χ4v) is 2.52. The maximum absolute atomic E-state index is 13.3. The van der Waals surface area contributed by atoms with Gasteiger partial charge >= 0.3 is 0 Å². The molecule has 19 heavy (non-hydrogen) atoms. The van der Waals surface area contributed by atoms with Crippen LogP contribution in [0, 0.1) is 17.1 Å². The monoisotopic (exact) mass is 382 g/mol. The second-order valence-corrected chi connectivity index (χ2v) is 5.56. The maximum atomic E-state index is 13.3. The lowest BCUT2D eigenvalue weighted by Gasteiger charge is -2.16. The molecular formula is C14H9Br2FN2. The lowest BCUT2D eigenvalue weighted by molar-refractivity contribution is 0.624. The standard InChI is InChI=1S/C14H9Br2FN2/c15-11-6-5-9(17)7-10(11)14(8-18)19-13-4-2-1-3-12(13)16/h1-7,14,19H. The lowest BCUT2D eigenvalue weighted by Crippen LogP contribution is -2.10. The summed E-state index contributed by atoms with van der Waals surface area (Å²) in [5.41, 5.74) is 1.35. The number of nitrogens with one attached hydrogen (secondary N) is 1. The van der Waals surface area contributed by atoms with Gasteiger partial charge in [0.25, 0.3) is 0 Å². The summed E-state index contributed by atoms with van der Waals surface area (Å²) >= 11 is 6.74. The molecule has 0 aliphatic heterocycles. The third-order valence-corrected chi connectivity index (χ3v) is 3.99. The predicted molar refractivity (Wildman–Crippen MR) is 80.2 cm³/mol. The Kier molecular flexibility index (Phi) is 4.56. The molecule has 0 aliphatic carbocycles. The second-order valence-electron chi connectivity index (χ2n) is 3.85. The molecule has 1 atom stereocenters. The molecule has 0 amide bonds. The van der Waals surface area contributed by atoms with Gasteiger partial charge in [-0.25, -0.2) is 4.39 Å². The van der Waals surface area contributed by atoms with Gasteiger partial charge in [0.2, 0.25) is 0 Å². The minimum Gasteiger partial charge on any atom is -0.365 e. The first-order chi connectivity index (χ1) is 9.11. The Morgan fingerprint density at radius 3 is 2.53 bits per heavy atom. The lowest BCUT2D eigenvalue weighted by atomic mass is 10.1. The van der Waals surface area contributed by atoms with Crippen LogP contribution in [-0.2, 0) is 0 Å². The normalized spacial score (nSPS) is 11.7. The van der Waals surface area contributed by atoms with Crippen molar-refractivity contribution < 1.29 is 4.39 Å². The number of anilines is 1. The quantitative estimate of drug-likeness (QED) is 0.806. The van der Waals surface area contributed by atoms with Crippen LogP contribution in [0.3, 0.4) is 0 Å². The Hall–Kier alpha value is -1.38. The first-order valence-electron chi connectivity index (χ1n) is 5.47. The fourth-order valence-electron chi connectivity index (χ4n) is 1.65. The molecule has 0 saturated carbocycles. The van der Waals surface area contributed by atoms with E-state index in [1.807, 2.05) is 24.3 Å². The van der Waals surface area contributed by atoms with Gasteiger partial charge in [0.05, 0.1) is 6.07 Å². The summed E-state index contributed by atoms with van der Waals surface area (Å²) < 4.78 is 14.8. The van der Waals surface area contributed by atoms with Crippen molar-refractivity contribution >= 4 is 37.5 Å². The Balaban J connectivity index is 2.34. The zero-order valence-corrected chi connectivity index (χ0v) is 12.9. The molecule has 0 bridgehead atoms. The highest BCUT2D eigenvalue weighted by molar-refractivity contribution is 9.11. The maximum Gasteiger partial charge on any atom is 0.141 e. The van der Waals surface area contributed by atoms with E-state index in [4.69, 9.17) is 0 Å². The third-order valence-electron chi connectivity index (χ3n) is 2.57. The van der Waals surface area contributed by atoms with Crippen molar-refractivity contribution in [1.29, 1.82) is 5.26 Å². The topological polar surface area (TPSA) is 35.8 Å². The third kappa shape index (κ3) is 3.34. The minimum absolute atomic E-state index is 0.368. The van der Waals surface area contributed by atoms with Crippen molar-refractivity contribution in [3.63, 3.8) is 0 Å². The van der Waals surface area contributed by atoms with Crippen molar-refractivity contribution in [1.82, 2.24) is 0 Å². The van der Waals surface area contributed by atoms with E-state index < -0.39 is 6.04 Å². The van der Waals surface area contributed by atoms with Crippen molar-refractivity contribution in [2.24, 2.45) is 0 Å². The number of para-hydroxylation sites is 1. The number of hydrogen-bond donors (Lipinski definition) is 1. The Morgan fingerprint density at radius 1 is 1.11 bits per heavy atom. The molecule has 2 nitrogen and oxygen atoms in total. The summed E-state index contributed by atoms with van der Waals surface area (Å²) in [4.78, 5) is 0. The van der Waals surface area contributed by atoms with Crippen LogP contribution < -0.4 is 5.32 Å². The predicted octanol–water partition coefficient (Wildman–Crippen LogP) is 5.03. The molecule has 5 heteroatoms. The SMILES string of the molecule is N#CC(Nc1ccccc1Br)c1cc(F)ccc1Br. The first kappa shape index (κ1) is 14.0. The molecule has 2 aromatic rings. The highest BCUT2D eigenvalue weighted by Gasteiger charge is 2.15. The Bertz CT molecular complexity index is 638. The van der Waals surface area contributed by atoms with Crippen LogP contribution >= 0.6 is 31.9 Å². The van der Waals surface area contributed by atoms with Crippen LogP contribution in [0.1, 0.15) is 11.6 Å². The molecule has 0 aliphatic rings. The molecule has 0 radical (unpaired) electrons. The van der Waals surface area contributed by atoms with E-state index in [9.17, 15) is 9.65 Å². The number of nitrogens with zero attached hydrogens (tertiary/aromatic N) is 1. The molecule has 0 fully saturated rings. The van der Waals surface area contributed by atoms with E-state index in [1.54, 1.807) is 6.07 Å². The molecular weight excluding hydrogens is 375 g/mol. The summed E-state index contributed by atoms with van der Waals surface area (Å²) in [7, 11) is 0. The molecule has 1 N–H and O–H groups in total. The Morgan fingerprint density at radius 2 is 1.84 bits per heavy atom. The smallest absolute Gasteiger partial charge is 0.141 e. The van der Waals surface area contributed by atoms with Crippen LogP contribution in [0.4, 0.5) is 10.1 Å². The number of nitriles is 1. The van der Waals surface area contributed by atoms with Gasteiger partial charge in [-0.2, -0.15) is 5.26 Å².